The number of hydrogen-bond donors (Lipinski definition) is 0. The fourth-order valence-electron chi connectivity index (χ4n) is 7.81. The zero-order valence-corrected chi connectivity index (χ0v) is 34.2. The van der Waals surface area contributed by atoms with Gasteiger partial charge in [-0.25, -0.2) is 0 Å². The first-order valence-corrected chi connectivity index (χ1v) is 22.5. The summed E-state index contributed by atoms with van der Waals surface area (Å²) >= 11 is 0. The SMILES string of the molecule is CCCCCCCC/C=C/CCCCCCCC[N+](CCCCCCCC/C=C/CCCCCCCC)(Cc1ccccc1)Cc1ccccc1. The van der Waals surface area contributed by atoms with Crippen LogP contribution in [0.15, 0.2) is 85.0 Å². The van der Waals surface area contributed by atoms with Crippen LogP contribution in [0.5, 0.6) is 0 Å². The van der Waals surface area contributed by atoms with Crippen molar-refractivity contribution in [3.05, 3.63) is 96.1 Å². The van der Waals surface area contributed by atoms with Gasteiger partial charge in [-0.2, -0.15) is 0 Å². The third kappa shape index (κ3) is 26.3. The van der Waals surface area contributed by atoms with Crippen LogP contribution < -0.4 is 0 Å². The summed E-state index contributed by atoms with van der Waals surface area (Å²) in [5.41, 5.74) is 3.00. The molecular formula is C50H84N+. The molecule has 0 bridgehead atoms. The topological polar surface area (TPSA) is 0 Å². The van der Waals surface area contributed by atoms with Gasteiger partial charge in [0.25, 0.3) is 0 Å². The number of quaternary nitrogens is 1. The lowest BCUT2D eigenvalue weighted by Crippen LogP contribution is -2.48. The van der Waals surface area contributed by atoms with E-state index in [4.69, 9.17) is 0 Å². The van der Waals surface area contributed by atoms with Crippen LogP contribution in [0.2, 0.25) is 0 Å². The van der Waals surface area contributed by atoms with Gasteiger partial charge in [0.05, 0.1) is 13.1 Å². The summed E-state index contributed by atoms with van der Waals surface area (Å²) in [5, 5.41) is 0. The van der Waals surface area contributed by atoms with Gasteiger partial charge >= 0.3 is 0 Å². The van der Waals surface area contributed by atoms with Gasteiger partial charge in [0.15, 0.2) is 0 Å². The van der Waals surface area contributed by atoms with Crippen molar-refractivity contribution in [2.24, 2.45) is 0 Å². The van der Waals surface area contributed by atoms with Gasteiger partial charge in [-0.05, 0) is 77.0 Å². The first-order chi connectivity index (χ1) is 25.3. The zero-order valence-electron chi connectivity index (χ0n) is 34.2. The lowest BCUT2D eigenvalue weighted by molar-refractivity contribution is -0.954. The molecule has 0 amide bonds. The van der Waals surface area contributed by atoms with Crippen LogP contribution in [-0.4, -0.2) is 17.6 Å². The molecule has 0 heterocycles. The van der Waals surface area contributed by atoms with E-state index in [1.807, 2.05) is 0 Å². The second-order valence-electron chi connectivity index (χ2n) is 16.0. The standard InChI is InChI=1S/C50H84N/c1-3-5-7-9-11-13-15-17-19-21-23-25-27-29-31-39-45-51(47-49-41-35-33-36-42-49,48-50-43-37-34-38-44-50)46-40-32-30-28-26-24-22-20-18-16-14-12-10-8-6-4-2/h17-20,33-38,41-44H,3-16,21-32,39-40,45-48H2,1-2H3/q+1/b19-17+,20-18+. The second kappa shape index (κ2) is 33.7. The minimum absolute atomic E-state index is 1.16. The molecule has 0 aliphatic carbocycles. The number of hydrogen-bond acceptors (Lipinski definition) is 0. The van der Waals surface area contributed by atoms with Crippen molar-refractivity contribution in [3.63, 3.8) is 0 Å². The fourth-order valence-corrected chi connectivity index (χ4v) is 7.81. The molecule has 288 valence electrons. The summed E-state index contributed by atoms with van der Waals surface area (Å²) in [6.07, 6.45) is 48.4. The van der Waals surface area contributed by atoms with Gasteiger partial charge in [0.1, 0.15) is 13.1 Å². The summed E-state index contributed by atoms with van der Waals surface area (Å²) in [5.74, 6) is 0. The molecule has 1 heteroatoms. The van der Waals surface area contributed by atoms with E-state index in [0.29, 0.717) is 0 Å². The van der Waals surface area contributed by atoms with Gasteiger partial charge in [0.2, 0.25) is 0 Å². The smallest absolute Gasteiger partial charge is 0.105 e. The number of unbranched alkanes of at least 4 members (excludes halogenated alkanes) is 24. The van der Waals surface area contributed by atoms with Crippen molar-refractivity contribution in [1.29, 1.82) is 0 Å². The van der Waals surface area contributed by atoms with E-state index in [2.05, 4.69) is 98.8 Å². The highest BCUT2D eigenvalue weighted by Crippen LogP contribution is 2.24. The van der Waals surface area contributed by atoms with Crippen molar-refractivity contribution < 1.29 is 4.48 Å². The molecule has 2 rings (SSSR count). The highest BCUT2D eigenvalue weighted by Gasteiger charge is 2.27. The maximum absolute atomic E-state index is 2.46. The molecule has 1 nitrogen and oxygen atoms in total. The molecule has 0 aromatic heterocycles. The molecule has 2 aromatic carbocycles. The van der Waals surface area contributed by atoms with Crippen molar-refractivity contribution >= 4 is 0 Å². The van der Waals surface area contributed by atoms with E-state index in [1.54, 1.807) is 0 Å². The van der Waals surface area contributed by atoms with Crippen molar-refractivity contribution in [1.82, 2.24) is 0 Å². The van der Waals surface area contributed by atoms with Crippen LogP contribution in [0.1, 0.15) is 205 Å². The minimum atomic E-state index is 1.16. The Labute approximate surface area is 319 Å². The third-order valence-electron chi connectivity index (χ3n) is 11.0. The number of nitrogens with zero attached hydrogens (tertiary/aromatic N) is 1. The summed E-state index contributed by atoms with van der Waals surface area (Å²) in [6, 6.07) is 22.7. The predicted molar refractivity (Wildman–Crippen MR) is 229 cm³/mol. The van der Waals surface area contributed by atoms with Crippen LogP contribution in [0, 0.1) is 0 Å². The Hall–Kier alpha value is -2.12. The summed E-state index contributed by atoms with van der Waals surface area (Å²) in [7, 11) is 0. The zero-order chi connectivity index (χ0) is 36.2. The normalized spacial score (nSPS) is 12.1. The Balaban J connectivity index is 1.72. The van der Waals surface area contributed by atoms with Gasteiger partial charge in [0, 0.05) is 11.1 Å². The van der Waals surface area contributed by atoms with Crippen molar-refractivity contribution in [2.45, 2.75) is 207 Å². The number of allylic oxidation sites excluding steroid dienone is 4. The Morgan fingerprint density at radius 3 is 0.922 bits per heavy atom. The Morgan fingerprint density at radius 2 is 0.608 bits per heavy atom. The molecule has 2 aromatic rings. The Bertz CT molecular complexity index is 952. The number of benzene rings is 2. The largest absolute Gasteiger partial charge is 0.316 e. The lowest BCUT2D eigenvalue weighted by atomic mass is 10.0. The molecular weight excluding hydrogens is 615 g/mol. The molecule has 51 heavy (non-hydrogen) atoms. The third-order valence-corrected chi connectivity index (χ3v) is 11.0. The Kier molecular flexibility index (Phi) is 29.8. The van der Waals surface area contributed by atoms with Crippen LogP contribution in [0.4, 0.5) is 0 Å². The van der Waals surface area contributed by atoms with E-state index >= 15 is 0 Å². The van der Waals surface area contributed by atoms with E-state index in [-0.39, 0.29) is 0 Å². The molecule has 0 fully saturated rings. The minimum Gasteiger partial charge on any atom is -0.316 e. The maximum atomic E-state index is 2.46. The average Bonchev–Trinajstić information content (AvgIpc) is 3.15. The molecule has 0 saturated heterocycles. The van der Waals surface area contributed by atoms with Crippen LogP contribution in [0.25, 0.3) is 0 Å². The monoisotopic (exact) mass is 699 g/mol. The van der Waals surface area contributed by atoms with Gasteiger partial charge in [-0.3, -0.25) is 0 Å². The van der Waals surface area contributed by atoms with Gasteiger partial charge < -0.3 is 4.48 Å². The van der Waals surface area contributed by atoms with Gasteiger partial charge in [-0.15, -0.1) is 0 Å². The molecule has 0 saturated carbocycles. The summed E-state index contributed by atoms with van der Waals surface area (Å²) < 4.78 is 1.21. The van der Waals surface area contributed by atoms with E-state index in [1.165, 1.54) is 208 Å². The average molecular weight is 699 g/mol. The van der Waals surface area contributed by atoms with Crippen LogP contribution in [-0.2, 0) is 13.1 Å². The van der Waals surface area contributed by atoms with Crippen LogP contribution >= 0.6 is 0 Å². The highest BCUT2D eigenvalue weighted by atomic mass is 15.3. The number of rotatable bonds is 36. The van der Waals surface area contributed by atoms with Crippen LogP contribution in [0.3, 0.4) is 0 Å². The van der Waals surface area contributed by atoms with Crippen molar-refractivity contribution in [2.75, 3.05) is 13.1 Å². The molecule has 0 unspecified atom stereocenters. The van der Waals surface area contributed by atoms with E-state index in [0.717, 1.165) is 13.1 Å². The van der Waals surface area contributed by atoms with E-state index in [9.17, 15) is 0 Å². The van der Waals surface area contributed by atoms with Gasteiger partial charge in [-0.1, -0.05) is 202 Å². The first-order valence-electron chi connectivity index (χ1n) is 22.5. The lowest BCUT2D eigenvalue weighted by Gasteiger charge is -2.39. The maximum Gasteiger partial charge on any atom is 0.105 e. The van der Waals surface area contributed by atoms with E-state index < -0.39 is 0 Å². The molecule has 0 radical (unpaired) electrons. The molecule has 0 aliphatic heterocycles. The molecule has 0 atom stereocenters. The first kappa shape index (κ1) is 45.0. The molecule has 0 N–H and O–H groups in total. The summed E-state index contributed by atoms with van der Waals surface area (Å²) in [6.45, 7) is 9.52. The molecule has 0 aliphatic rings. The Morgan fingerprint density at radius 1 is 0.333 bits per heavy atom. The summed E-state index contributed by atoms with van der Waals surface area (Å²) in [4.78, 5) is 0. The van der Waals surface area contributed by atoms with Crippen molar-refractivity contribution in [3.8, 4) is 0 Å². The predicted octanol–water partition coefficient (Wildman–Crippen LogP) is 16.3. The highest BCUT2D eigenvalue weighted by molar-refractivity contribution is 5.15. The quantitative estimate of drug-likeness (QED) is 0.0377. The second-order valence-corrected chi connectivity index (χ2v) is 16.0. The fraction of sp³-hybridized carbons (Fsp3) is 0.680. The molecule has 0 spiro atoms.